The van der Waals surface area contributed by atoms with Gasteiger partial charge in [-0.05, 0) is 43.7 Å². The van der Waals surface area contributed by atoms with Crippen molar-refractivity contribution in [1.82, 2.24) is 4.90 Å². The second-order valence-corrected chi connectivity index (χ2v) is 6.27. The molecule has 0 aromatic carbocycles. The minimum absolute atomic E-state index is 0. The highest BCUT2D eigenvalue weighted by Crippen LogP contribution is 2.25. The average Bonchev–Trinajstić information content (AvgIpc) is 2.13. The Bertz CT molecular complexity index is 189. The molecule has 2 unspecified atom stereocenters. The van der Waals surface area contributed by atoms with Crippen LogP contribution in [0.3, 0.4) is 0 Å². The molecular weight excluding hydrogens is 220 g/mol. The van der Waals surface area contributed by atoms with Crippen LogP contribution in [0, 0.1) is 11.3 Å². The normalized spacial score (nSPS) is 27.6. The molecule has 0 amide bonds. The highest BCUT2D eigenvalue weighted by molar-refractivity contribution is 5.85. The fourth-order valence-electron chi connectivity index (χ4n) is 2.47. The molecule has 0 aromatic heterocycles. The summed E-state index contributed by atoms with van der Waals surface area (Å²) in [5.41, 5.74) is 6.33. The Kier molecular flexibility index (Phi) is 6.92. The first kappa shape index (κ1) is 16.2. The van der Waals surface area contributed by atoms with E-state index in [-0.39, 0.29) is 12.4 Å². The summed E-state index contributed by atoms with van der Waals surface area (Å²) in [6, 6.07) is 0.626. The smallest absolute Gasteiger partial charge is 0.0243 e. The first-order valence-electron chi connectivity index (χ1n) is 6.38. The van der Waals surface area contributed by atoms with Crippen molar-refractivity contribution in [2.75, 3.05) is 19.6 Å². The third kappa shape index (κ3) is 5.03. The van der Waals surface area contributed by atoms with Gasteiger partial charge < -0.3 is 5.73 Å². The standard InChI is InChI=1S/C13H28N2.ClH/c1-11-6-5-8-15(12(11)10-14)9-7-13(2,3)4;/h11-12H,5-10,14H2,1-4H3;1H. The van der Waals surface area contributed by atoms with Crippen molar-refractivity contribution in [3.05, 3.63) is 0 Å². The van der Waals surface area contributed by atoms with E-state index >= 15 is 0 Å². The molecule has 1 saturated heterocycles. The summed E-state index contributed by atoms with van der Waals surface area (Å²) in [6.07, 6.45) is 3.98. The van der Waals surface area contributed by atoms with Crippen LogP contribution in [-0.2, 0) is 0 Å². The summed E-state index contributed by atoms with van der Waals surface area (Å²) in [6.45, 7) is 12.6. The fraction of sp³-hybridized carbons (Fsp3) is 1.00. The van der Waals surface area contributed by atoms with Crippen molar-refractivity contribution < 1.29 is 0 Å². The molecule has 0 bridgehead atoms. The van der Waals surface area contributed by atoms with Crippen LogP contribution in [0.4, 0.5) is 0 Å². The van der Waals surface area contributed by atoms with E-state index in [9.17, 15) is 0 Å². The molecule has 1 heterocycles. The molecule has 0 spiro atoms. The number of hydrogen-bond donors (Lipinski definition) is 1. The topological polar surface area (TPSA) is 29.3 Å². The van der Waals surface area contributed by atoms with Crippen LogP contribution in [0.25, 0.3) is 0 Å². The Labute approximate surface area is 107 Å². The maximum Gasteiger partial charge on any atom is 0.0243 e. The summed E-state index contributed by atoms with van der Waals surface area (Å²) in [7, 11) is 0. The van der Waals surface area contributed by atoms with E-state index in [0.717, 1.165) is 12.5 Å². The van der Waals surface area contributed by atoms with Gasteiger partial charge >= 0.3 is 0 Å². The van der Waals surface area contributed by atoms with Gasteiger partial charge in [0.05, 0.1) is 0 Å². The van der Waals surface area contributed by atoms with Crippen molar-refractivity contribution in [2.24, 2.45) is 17.1 Å². The molecule has 2 N–H and O–H groups in total. The summed E-state index contributed by atoms with van der Waals surface area (Å²) >= 11 is 0. The van der Waals surface area contributed by atoms with Crippen LogP contribution in [-0.4, -0.2) is 30.6 Å². The Morgan fingerprint density at radius 2 is 1.94 bits per heavy atom. The third-order valence-electron chi connectivity index (χ3n) is 3.62. The predicted molar refractivity (Wildman–Crippen MR) is 74.1 cm³/mol. The van der Waals surface area contributed by atoms with Gasteiger partial charge in [-0.2, -0.15) is 0 Å². The van der Waals surface area contributed by atoms with Gasteiger partial charge in [-0.1, -0.05) is 27.7 Å². The first-order chi connectivity index (χ1) is 6.94. The van der Waals surface area contributed by atoms with Gasteiger partial charge in [-0.3, -0.25) is 4.90 Å². The fourth-order valence-corrected chi connectivity index (χ4v) is 2.47. The summed E-state index contributed by atoms with van der Waals surface area (Å²) in [4.78, 5) is 2.61. The van der Waals surface area contributed by atoms with Crippen molar-refractivity contribution >= 4 is 12.4 Å². The summed E-state index contributed by atoms with van der Waals surface area (Å²) in [5.74, 6) is 0.781. The second kappa shape index (κ2) is 6.83. The molecule has 0 saturated carbocycles. The lowest BCUT2D eigenvalue weighted by Crippen LogP contribution is -2.49. The monoisotopic (exact) mass is 248 g/mol. The molecule has 1 aliphatic heterocycles. The van der Waals surface area contributed by atoms with Gasteiger partial charge in [0, 0.05) is 12.6 Å². The predicted octanol–water partition coefficient (Wildman–Crippen LogP) is 2.90. The highest BCUT2D eigenvalue weighted by atomic mass is 35.5. The number of likely N-dealkylation sites (tertiary alicyclic amines) is 1. The Balaban J connectivity index is 0.00000225. The molecule has 1 rings (SSSR count). The number of nitrogens with zero attached hydrogens (tertiary/aromatic N) is 1. The highest BCUT2D eigenvalue weighted by Gasteiger charge is 2.27. The van der Waals surface area contributed by atoms with Crippen LogP contribution in [0.1, 0.15) is 47.0 Å². The van der Waals surface area contributed by atoms with E-state index < -0.39 is 0 Å². The molecule has 1 fully saturated rings. The van der Waals surface area contributed by atoms with Gasteiger partial charge in [0.2, 0.25) is 0 Å². The van der Waals surface area contributed by atoms with E-state index in [1.165, 1.54) is 32.4 Å². The lowest BCUT2D eigenvalue weighted by Gasteiger charge is -2.40. The number of piperidine rings is 1. The lowest BCUT2D eigenvalue weighted by atomic mass is 9.88. The zero-order valence-corrected chi connectivity index (χ0v) is 12.1. The van der Waals surface area contributed by atoms with Crippen LogP contribution in [0.15, 0.2) is 0 Å². The largest absolute Gasteiger partial charge is 0.329 e. The molecule has 2 atom stereocenters. The van der Waals surface area contributed by atoms with Crippen molar-refractivity contribution in [3.63, 3.8) is 0 Å². The van der Waals surface area contributed by atoms with Crippen molar-refractivity contribution in [2.45, 2.75) is 53.0 Å². The number of rotatable bonds is 3. The molecule has 0 aromatic rings. The SMILES string of the molecule is CC1CCCN(CCC(C)(C)C)C1CN.Cl. The number of nitrogens with two attached hydrogens (primary N) is 1. The van der Waals surface area contributed by atoms with Crippen molar-refractivity contribution in [1.29, 1.82) is 0 Å². The summed E-state index contributed by atoms with van der Waals surface area (Å²) in [5, 5.41) is 0. The van der Waals surface area contributed by atoms with Crippen LogP contribution in [0.5, 0.6) is 0 Å². The maximum absolute atomic E-state index is 5.88. The first-order valence-corrected chi connectivity index (χ1v) is 6.38. The van der Waals surface area contributed by atoms with Gasteiger partial charge in [0.1, 0.15) is 0 Å². The molecule has 16 heavy (non-hydrogen) atoms. The van der Waals surface area contributed by atoms with Gasteiger partial charge in [0.25, 0.3) is 0 Å². The number of halogens is 1. The molecule has 1 aliphatic rings. The Hall–Kier alpha value is 0.210. The minimum atomic E-state index is 0. The zero-order valence-electron chi connectivity index (χ0n) is 11.3. The lowest BCUT2D eigenvalue weighted by molar-refractivity contribution is 0.0936. The van der Waals surface area contributed by atoms with Crippen LogP contribution in [0.2, 0.25) is 0 Å². The number of hydrogen-bond acceptors (Lipinski definition) is 2. The third-order valence-corrected chi connectivity index (χ3v) is 3.62. The van der Waals surface area contributed by atoms with E-state index in [1.807, 2.05) is 0 Å². The van der Waals surface area contributed by atoms with Crippen molar-refractivity contribution in [3.8, 4) is 0 Å². The molecule has 0 radical (unpaired) electrons. The Morgan fingerprint density at radius 1 is 1.31 bits per heavy atom. The quantitative estimate of drug-likeness (QED) is 0.832. The molecule has 98 valence electrons. The zero-order chi connectivity index (χ0) is 11.5. The molecule has 0 aliphatic carbocycles. The minimum Gasteiger partial charge on any atom is -0.329 e. The van der Waals surface area contributed by atoms with E-state index in [4.69, 9.17) is 5.73 Å². The Morgan fingerprint density at radius 3 is 2.44 bits per heavy atom. The second-order valence-electron chi connectivity index (χ2n) is 6.27. The van der Waals surface area contributed by atoms with Gasteiger partial charge in [-0.25, -0.2) is 0 Å². The van der Waals surface area contributed by atoms with E-state index in [1.54, 1.807) is 0 Å². The van der Waals surface area contributed by atoms with Gasteiger partial charge in [-0.15, -0.1) is 12.4 Å². The summed E-state index contributed by atoms with van der Waals surface area (Å²) < 4.78 is 0. The van der Waals surface area contributed by atoms with E-state index in [2.05, 4.69) is 32.6 Å². The molecule has 2 nitrogen and oxygen atoms in total. The molecule has 3 heteroatoms. The van der Waals surface area contributed by atoms with Crippen LogP contribution < -0.4 is 5.73 Å². The maximum atomic E-state index is 5.88. The average molecular weight is 249 g/mol. The van der Waals surface area contributed by atoms with E-state index in [0.29, 0.717) is 11.5 Å². The van der Waals surface area contributed by atoms with Gasteiger partial charge in [0.15, 0.2) is 0 Å². The molecular formula is C13H29ClN2. The van der Waals surface area contributed by atoms with Crippen LogP contribution >= 0.6 is 12.4 Å².